The molecule has 2 aromatic rings. The van der Waals surface area contributed by atoms with Crippen LogP contribution in [-0.2, 0) is 11.2 Å². The zero-order valence-electron chi connectivity index (χ0n) is 11.7. The summed E-state index contributed by atoms with van der Waals surface area (Å²) in [6.45, 7) is 5.23. The fraction of sp³-hybridized carbons (Fsp3) is 0.385. The molecule has 0 bridgehead atoms. The predicted octanol–water partition coefficient (Wildman–Crippen LogP) is 1.17. The Bertz CT molecular complexity index is 686. The topological polar surface area (TPSA) is 92.7 Å². The van der Waals surface area contributed by atoms with Gasteiger partial charge in [0.05, 0.1) is 5.69 Å². The van der Waals surface area contributed by atoms with Gasteiger partial charge in [0.1, 0.15) is 5.82 Å². The Labute approximate surface area is 116 Å². The van der Waals surface area contributed by atoms with E-state index in [1.165, 1.54) is 17.7 Å². The van der Waals surface area contributed by atoms with Crippen molar-refractivity contribution >= 4 is 11.7 Å². The molecule has 7 heteroatoms. The number of hydrogen-bond acceptors (Lipinski definition) is 4. The maximum absolute atomic E-state index is 11.7. The van der Waals surface area contributed by atoms with Crippen molar-refractivity contribution in [3.05, 3.63) is 33.9 Å². The number of carbonyl (C=O) groups excluding carboxylic acids is 1. The minimum absolute atomic E-state index is 0.210. The lowest BCUT2D eigenvalue weighted by atomic mass is 10.2. The Morgan fingerprint density at radius 3 is 2.85 bits per heavy atom. The molecule has 0 spiro atoms. The molecule has 20 heavy (non-hydrogen) atoms. The summed E-state index contributed by atoms with van der Waals surface area (Å²) in [7, 11) is 0. The average Bonchev–Trinajstić information content (AvgIpc) is 2.69. The van der Waals surface area contributed by atoms with Crippen LogP contribution in [0.15, 0.2) is 16.9 Å². The zero-order chi connectivity index (χ0) is 14.7. The van der Waals surface area contributed by atoms with Crippen molar-refractivity contribution in [3.63, 3.8) is 0 Å². The van der Waals surface area contributed by atoms with Crippen molar-refractivity contribution in [1.29, 1.82) is 0 Å². The maximum Gasteiger partial charge on any atom is 0.252 e. The summed E-state index contributed by atoms with van der Waals surface area (Å²) in [5.41, 5.74) is 1.19. The van der Waals surface area contributed by atoms with Crippen molar-refractivity contribution in [2.45, 2.75) is 33.6 Å². The molecule has 2 N–H and O–H groups in total. The molecule has 7 nitrogen and oxygen atoms in total. The SMILES string of the molecule is CCCc1cc(=O)[nH]c(-n2nc(C)cc2NC(C)=O)n1. The number of anilines is 1. The van der Waals surface area contributed by atoms with Gasteiger partial charge in [-0.1, -0.05) is 13.3 Å². The average molecular weight is 275 g/mol. The molecule has 2 heterocycles. The highest BCUT2D eigenvalue weighted by molar-refractivity contribution is 5.87. The molecule has 106 valence electrons. The Morgan fingerprint density at radius 1 is 1.45 bits per heavy atom. The van der Waals surface area contributed by atoms with E-state index < -0.39 is 0 Å². The van der Waals surface area contributed by atoms with Gasteiger partial charge in [0.25, 0.3) is 5.56 Å². The number of aromatic nitrogens is 4. The molecule has 2 rings (SSSR count). The van der Waals surface area contributed by atoms with Gasteiger partial charge in [0.15, 0.2) is 0 Å². The second-order valence-electron chi connectivity index (χ2n) is 4.57. The molecule has 0 atom stereocenters. The molecule has 2 aromatic heterocycles. The molecule has 0 saturated heterocycles. The van der Waals surface area contributed by atoms with Crippen LogP contribution in [-0.4, -0.2) is 25.7 Å². The molecule has 1 amide bonds. The number of aryl methyl sites for hydroxylation is 2. The fourth-order valence-electron chi connectivity index (χ4n) is 1.91. The van der Waals surface area contributed by atoms with E-state index in [9.17, 15) is 9.59 Å². The lowest BCUT2D eigenvalue weighted by Gasteiger charge is -2.07. The maximum atomic E-state index is 11.7. The molecular weight excluding hydrogens is 258 g/mol. The van der Waals surface area contributed by atoms with E-state index in [0.29, 0.717) is 23.9 Å². The van der Waals surface area contributed by atoms with Gasteiger partial charge in [-0.05, 0) is 13.3 Å². The number of nitrogens with one attached hydrogen (secondary N) is 2. The molecule has 0 aliphatic carbocycles. The molecule has 0 unspecified atom stereocenters. The van der Waals surface area contributed by atoms with Crippen molar-refractivity contribution in [2.24, 2.45) is 0 Å². The highest BCUT2D eigenvalue weighted by Gasteiger charge is 2.11. The smallest absolute Gasteiger partial charge is 0.252 e. The predicted molar refractivity (Wildman–Crippen MR) is 75.0 cm³/mol. The summed E-state index contributed by atoms with van der Waals surface area (Å²) in [4.78, 5) is 29.9. The van der Waals surface area contributed by atoms with Crippen LogP contribution in [0.2, 0.25) is 0 Å². The summed E-state index contributed by atoms with van der Waals surface area (Å²) in [6.07, 6.45) is 1.61. The molecule has 0 aliphatic rings. The number of hydrogen-bond donors (Lipinski definition) is 2. The first-order valence-electron chi connectivity index (χ1n) is 6.44. The van der Waals surface area contributed by atoms with Gasteiger partial charge in [0.2, 0.25) is 11.9 Å². The Kier molecular flexibility index (Phi) is 3.97. The van der Waals surface area contributed by atoms with Crippen LogP contribution in [0.4, 0.5) is 5.82 Å². The van der Waals surface area contributed by atoms with Gasteiger partial charge in [0, 0.05) is 24.8 Å². The summed E-state index contributed by atoms with van der Waals surface area (Å²) < 4.78 is 1.43. The number of aromatic amines is 1. The molecule has 0 aliphatic heterocycles. The Hall–Kier alpha value is -2.44. The van der Waals surface area contributed by atoms with E-state index in [0.717, 1.165) is 12.1 Å². The lowest BCUT2D eigenvalue weighted by Crippen LogP contribution is -2.18. The molecule has 0 saturated carbocycles. The van der Waals surface area contributed by atoms with Gasteiger partial charge >= 0.3 is 0 Å². The van der Waals surface area contributed by atoms with Crippen LogP contribution < -0.4 is 10.9 Å². The monoisotopic (exact) mass is 275 g/mol. The number of H-pyrrole nitrogens is 1. The quantitative estimate of drug-likeness (QED) is 0.876. The van der Waals surface area contributed by atoms with Crippen molar-refractivity contribution < 1.29 is 4.79 Å². The van der Waals surface area contributed by atoms with Crippen molar-refractivity contribution in [1.82, 2.24) is 19.7 Å². The second kappa shape index (κ2) is 5.68. The van der Waals surface area contributed by atoms with Crippen LogP contribution in [0, 0.1) is 6.92 Å². The molecule has 0 radical (unpaired) electrons. The molecular formula is C13H17N5O2. The van der Waals surface area contributed by atoms with Gasteiger partial charge < -0.3 is 5.32 Å². The first kappa shape index (κ1) is 14.0. The normalized spacial score (nSPS) is 10.6. The molecule has 0 fully saturated rings. The van der Waals surface area contributed by atoms with Crippen LogP contribution >= 0.6 is 0 Å². The standard InChI is InChI=1S/C13H17N5O2/c1-4-5-10-7-12(20)16-13(15-10)18-11(14-9(3)19)6-8(2)17-18/h6-7H,4-5H2,1-3H3,(H,14,19)(H,15,16,20). The van der Waals surface area contributed by atoms with Crippen LogP contribution in [0.1, 0.15) is 31.7 Å². The highest BCUT2D eigenvalue weighted by atomic mass is 16.1. The third-order valence-corrected chi connectivity index (χ3v) is 2.62. The first-order valence-corrected chi connectivity index (χ1v) is 6.44. The van der Waals surface area contributed by atoms with Crippen LogP contribution in [0.25, 0.3) is 5.95 Å². The van der Waals surface area contributed by atoms with E-state index in [2.05, 4.69) is 20.4 Å². The van der Waals surface area contributed by atoms with E-state index in [1.54, 1.807) is 13.0 Å². The van der Waals surface area contributed by atoms with Crippen molar-refractivity contribution in [3.8, 4) is 5.95 Å². The van der Waals surface area contributed by atoms with E-state index in [-0.39, 0.29) is 11.5 Å². The van der Waals surface area contributed by atoms with Gasteiger partial charge in [-0.3, -0.25) is 14.6 Å². The van der Waals surface area contributed by atoms with Gasteiger partial charge in [-0.2, -0.15) is 9.78 Å². The Morgan fingerprint density at radius 2 is 2.20 bits per heavy atom. The minimum atomic E-state index is -0.236. The largest absolute Gasteiger partial charge is 0.311 e. The van der Waals surface area contributed by atoms with E-state index in [1.807, 2.05) is 6.92 Å². The number of nitrogens with zero attached hydrogens (tertiary/aromatic N) is 3. The zero-order valence-corrected chi connectivity index (χ0v) is 11.7. The summed E-state index contributed by atoms with van der Waals surface area (Å²) in [5.74, 6) is 0.572. The summed E-state index contributed by atoms with van der Waals surface area (Å²) >= 11 is 0. The molecule has 0 aromatic carbocycles. The third-order valence-electron chi connectivity index (χ3n) is 2.62. The highest BCUT2D eigenvalue weighted by Crippen LogP contribution is 2.13. The van der Waals surface area contributed by atoms with E-state index >= 15 is 0 Å². The second-order valence-corrected chi connectivity index (χ2v) is 4.57. The number of amides is 1. The van der Waals surface area contributed by atoms with Crippen molar-refractivity contribution in [2.75, 3.05) is 5.32 Å². The van der Waals surface area contributed by atoms with Crippen LogP contribution in [0.3, 0.4) is 0 Å². The van der Waals surface area contributed by atoms with E-state index in [4.69, 9.17) is 0 Å². The first-order chi connectivity index (χ1) is 9.49. The third kappa shape index (κ3) is 3.11. The number of carbonyl (C=O) groups is 1. The van der Waals surface area contributed by atoms with Gasteiger partial charge in [-0.15, -0.1) is 0 Å². The van der Waals surface area contributed by atoms with Crippen LogP contribution in [0.5, 0.6) is 0 Å². The Balaban J connectivity index is 2.50. The fourth-order valence-corrected chi connectivity index (χ4v) is 1.91. The minimum Gasteiger partial charge on any atom is -0.311 e. The number of rotatable bonds is 4. The summed E-state index contributed by atoms with van der Waals surface area (Å²) in [5, 5.41) is 6.91. The lowest BCUT2D eigenvalue weighted by molar-refractivity contribution is -0.114. The summed E-state index contributed by atoms with van der Waals surface area (Å²) in [6, 6.07) is 3.19. The van der Waals surface area contributed by atoms with Gasteiger partial charge in [-0.25, -0.2) is 4.98 Å².